The molecule has 1 aliphatic heterocycles. The number of sulfonamides is 1. The van der Waals surface area contributed by atoms with Crippen molar-refractivity contribution in [2.24, 2.45) is 0 Å². The molecule has 1 aliphatic rings. The molecule has 9 heteroatoms. The Bertz CT molecular complexity index is 973. The molecule has 31 heavy (non-hydrogen) atoms. The van der Waals surface area contributed by atoms with Gasteiger partial charge in [0.25, 0.3) is 10.0 Å². The second-order valence-electron chi connectivity index (χ2n) is 7.54. The zero-order valence-electron chi connectivity index (χ0n) is 17.8. The van der Waals surface area contributed by atoms with Crippen LogP contribution >= 0.6 is 11.6 Å². The molecular formula is C22H28ClN3O4S. The highest BCUT2D eigenvalue weighted by Gasteiger charge is 2.28. The predicted molar refractivity (Wildman–Crippen MR) is 122 cm³/mol. The van der Waals surface area contributed by atoms with E-state index in [1.807, 2.05) is 14.0 Å². The Balaban J connectivity index is 1.84. The summed E-state index contributed by atoms with van der Waals surface area (Å²) < 4.78 is 33.4. The van der Waals surface area contributed by atoms with Crippen molar-refractivity contribution in [3.05, 3.63) is 53.6 Å². The second-order valence-corrected chi connectivity index (χ2v) is 9.84. The molecule has 0 radical (unpaired) electrons. The quantitative estimate of drug-likeness (QED) is 0.648. The molecule has 0 atom stereocenters. The van der Waals surface area contributed by atoms with Gasteiger partial charge in [-0.3, -0.25) is 9.10 Å². The molecule has 7 nitrogen and oxygen atoms in total. The average Bonchev–Trinajstić information content (AvgIpc) is 2.75. The number of likely N-dealkylation sites (tertiary alicyclic amines) is 1. The number of anilines is 1. The molecular weight excluding hydrogens is 438 g/mol. The van der Waals surface area contributed by atoms with Gasteiger partial charge in [-0.05, 0) is 88.4 Å². The Morgan fingerprint density at radius 1 is 1.13 bits per heavy atom. The first-order valence-electron chi connectivity index (χ1n) is 10.3. The third-order valence-electron chi connectivity index (χ3n) is 5.21. The molecule has 0 spiro atoms. The van der Waals surface area contributed by atoms with Gasteiger partial charge in [0.05, 0.1) is 17.2 Å². The summed E-state index contributed by atoms with van der Waals surface area (Å²) in [6, 6.07) is 12.6. The van der Waals surface area contributed by atoms with Gasteiger partial charge in [-0.2, -0.15) is 0 Å². The maximum atomic E-state index is 13.4. The first-order valence-corrected chi connectivity index (χ1v) is 12.1. The van der Waals surface area contributed by atoms with Crippen molar-refractivity contribution in [2.75, 3.05) is 37.6 Å². The lowest BCUT2D eigenvalue weighted by atomic mass is 10.1. The van der Waals surface area contributed by atoms with Crippen LogP contribution < -0.4 is 14.4 Å². The minimum atomic E-state index is -3.98. The number of amides is 1. The van der Waals surface area contributed by atoms with Crippen molar-refractivity contribution in [1.29, 1.82) is 0 Å². The van der Waals surface area contributed by atoms with Crippen LogP contribution in [0.5, 0.6) is 5.75 Å². The molecule has 1 amide bonds. The van der Waals surface area contributed by atoms with Crippen LogP contribution in [0.3, 0.4) is 0 Å². The molecule has 0 aromatic heterocycles. The Hall–Kier alpha value is -2.29. The van der Waals surface area contributed by atoms with Crippen LogP contribution in [0.25, 0.3) is 0 Å². The summed E-state index contributed by atoms with van der Waals surface area (Å²) in [5.41, 5.74) is 0.386. The number of piperidine rings is 1. The first-order chi connectivity index (χ1) is 14.8. The lowest BCUT2D eigenvalue weighted by Gasteiger charge is -2.30. The van der Waals surface area contributed by atoms with E-state index in [2.05, 4.69) is 10.2 Å². The molecule has 1 fully saturated rings. The molecule has 0 unspecified atom stereocenters. The van der Waals surface area contributed by atoms with Crippen LogP contribution in [-0.2, 0) is 14.8 Å². The number of carbonyl (C=O) groups excluding carboxylic acids is 1. The van der Waals surface area contributed by atoms with Gasteiger partial charge in [0.15, 0.2) is 0 Å². The third kappa shape index (κ3) is 6.12. The Morgan fingerprint density at radius 3 is 2.32 bits per heavy atom. The van der Waals surface area contributed by atoms with Gasteiger partial charge >= 0.3 is 0 Å². The van der Waals surface area contributed by atoms with E-state index in [0.717, 1.165) is 30.2 Å². The number of halogens is 1. The number of hydrogen-bond donors (Lipinski definition) is 1. The Labute approximate surface area is 189 Å². The average molecular weight is 466 g/mol. The summed E-state index contributed by atoms with van der Waals surface area (Å²) >= 11 is 5.92. The molecule has 168 valence electrons. The van der Waals surface area contributed by atoms with Gasteiger partial charge in [-0.25, -0.2) is 8.42 Å². The van der Waals surface area contributed by atoms with Gasteiger partial charge in [-0.15, -0.1) is 0 Å². The summed E-state index contributed by atoms with van der Waals surface area (Å²) in [7, 11) is -1.93. The molecule has 3 rings (SSSR count). The second kappa shape index (κ2) is 10.3. The molecule has 0 bridgehead atoms. The zero-order chi connectivity index (χ0) is 22.4. The summed E-state index contributed by atoms with van der Waals surface area (Å²) in [5, 5.41) is 3.42. The van der Waals surface area contributed by atoms with E-state index in [1.165, 1.54) is 24.3 Å². The lowest BCUT2D eigenvalue weighted by molar-refractivity contribution is -0.120. The van der Waals surface area contributed by atoms with Gasteiger partial charge in [0, 0.05) is 11.1 Å². The summed E-state index contributed by atoms with van der Waals surface area (Å²) in [5.74, 6) is 0.298. The number of hydrogen-bond acceptors (Lipinski definition) is 5. The van der Waals surface area contributed by atoms with E-state index in [9.17, 15) is 13.2 Å². The highest BCUT2D eigenvalue weighted by Crippen LogP contribution is 2.26. The minimum absolute atomic E-state index is 0.0455. The van der Waals surface area contributed by atoms with E-state index in [4.69, 9.17) is 16.3 Å². The Kier molecular flexibility index (Phi) is 7.80. The van der Waals surface area contributed by atoms with Crippen LogP contribution in [0, 0.1) is 0 Å². The van der Waals surface area contributed by atoms with Gasteiger partial charge in [0.2, 0.25) is 5.91 Å². The van der Waals surface area contributed by atoms with Crippen LogP contribution in [0.1, 0.15) is 19.8 Å². The largest absolute Gasteiger partial charge is 0.494 e. The topological polar surface area (TPSA) is 79.0 Å². The van der Waals surface area contributed by atoms with Crippen LogP contribution in [0.4, 0.5) is 5.69 Å². The van der Waals surface area contributed by atoms with Crippen molar-refractivity contribution in [2.45, 2.75) is 30.7 Å². The van der Waals surface area contributed by atoms with Crippen molar-refractivity contribution < 1.29 is 17.9 Å². The van der Waals surface area contributed by atoms with E-state index >= 15 is 0 Å². The highest BCUT2D eigenvalue weighted by atomic mass is 35.5. The lowest BCUT2D eigenvalue weighted by Crippen LogP contribution is -2.47. The summed E-state index contributed by atoms with van der Waals surface area (Å²) in [6.07, 6.45) is 1.68. The smallest absolute Gasteiger partial charge is 0.264 e. The minimum Gasteiger partial charge on any atom is -0.494 e. The van der Waals surface area contributed by atoms with Crippen molar-refractivity contribution in [3.63, 3.8) is 0 Å². The monoisotopic (exact) mass is 465 g/mol. The van der Waals surface area contributed by atoms with Crippen LogP contribution in [0.2, 0.25) is 5.02 Å². The van der Waals surface area contributed by atoms with E-state index in [-0.39, 0.29) is 23.4 Å². The van der Waals surface area contributed by atoms with Gasteiger partial charge < -0.3 is 15.0 Å². The zero-order valence-corrected chi connectivity index (χ0v) is 19.3. The summed E-state index contributed by atoms with van der Waals surface area (Å²) in [4.78, 5) is 15.1. The normalized spacial score (nSPS) is 15.5. The van der Waals surface area contributed by atoms with Crippen LogP contribution in [0.15, 0.2) is 53.4 Å². The fourth-order valence-corrected chi connectivity index (χ4v) is 5.03. The fraction of sp³-hybridized carbons (Fsp3) is 0.409. The highest BCUT2D eigenvalue weighted by molar-refractivity contribution is 7.92. The van der Waals surface area contributed by atoms with Crippen molar-refractivity contribution >= 4 is 33.2 Å². The molecule has 0 saturated carbocycles. The van der Waals surface area contributed by atoms with Gasteiger partial charge in [-0.1, -0.05) is 11.6 Å². The number of ether oxygens (including phenoxy) is 1. The molecule has 0 aliphatic carbocycles. The predicted octanol–water partition coefficient (Wildman–Crippen LogP) is 3.14. The van der Waals surface area contributed by atoms with Crippen molar-refractivity contribution in [1.82, 2.24) is 10.2 Å². The first kappa shape index (κ1) is 23.4. The van der Waals surface area contributed by atoms with Gasteiger partial charge in [0.1, 0.15) is 12.3 Å². The Morgan fingerprint density at radius 2 is 1.74 bits per heavy atom. The number of rotatable bonds is 8. The number of nitrogens with zero attached hydrogens (tertiary/aromatic N) is 2. The fourth-order valence-electron chi connectivity index (χ4n) is 3.48. The summed E-state index contributed by atoms with van der Waals surface area (Å²) in [6.45, 7) is 3.86. The number of benzene rings is 2. The third-order valence-corrected chi connectivity index (χ3v) is 7.25. The molecule has 2 aromatic carbocycles. The van der Waals surface area contributed by atoms with Crippen molar-refractivity contribution in [3.8, 4) is 5.75 Å². The molecule has 1 saturated heterocycles. The van der Waals surface area contributed by atoms with E-state index < -0.39 is 10.0 Å². The maximum Gasteiger partial charge on any atom is 0.264 e. The number of nitrogens with one attached hydrogen (secondary N) is 1. The molecule has 1 N–H and O–H groups in total. The standard InChI is InChI=1S/C22H28ClN3O4S/c1-3-30-20-8-6-19(7-9-20)26(31(28,29)21-10-4-17(23)5-11-21)16-22(27)24-18-12-14-25(2)15-13-18/h4-11,18H,3,12-16H2,1-2H3,(H,24,27). The SMILES string of the molecule is CCOc1ccc(N(CC(=O)NC2CCN(C)CC2)S(=O)(=O)c2ccc(Cl)cc2)cc1. The molecule has 2 aromatic rings. The number of carbonyl (C=O) groups is 1. The van der Waals surface area contributed by atoms with E-state index in [1.54, 1.807) is 24.3 Å². The molecule has 1 heterocycles. The maximum absolute atomic E-state index is 13.4. The van der Waals surface area contributed by atoms with Crippen LogP contribution in [-0.4, -0.2) is 58.6 Å². The van der Waals surface area contributed by atoms with E-state index in [0.29, 0.717) is 23.1 Å².